The summed E-state index contributed by atoms with van der Waals surface area (Å²) < 4.78 is 5.63. The first-order valence-electron chi connectivity index (χ1n) is 8.36. The molecule has 2 aliphatic heterocycles. The van der Waals surface area contributed by atoms with E-state index < -0.39 is 5.54 Å². The number of nitrogens with one attached hydrogen (secondary N) is 1. The maximum absolute atomic E-state index is 12.3. The van der Waals surface area contributed by atoms with Crippen molar-refractivity contribution in [3.63, 3.8) is 0 Å². The summed E-state index contributed by atoms with van der Waals surface area (Å²) in [5.41, 5.74) is -0.555. The molecule has 0 aromatic rings. The molecule has 118 valence electrons. The van der Waals surface area contributed by atoms with Gasteiger partial charge < -0.3 is 9.64 Å². The number of carbonyl (C=O) groups excluding carboxylic acids is 2. The van der Waals surface area contributed by atoms with Crippen molar-refractivity contribution in [1.29, 1.82) is 0 Å². The summed E-state index contributed by atoms with van der Waals surface area (Å²) in [6.07, 6.45) is 8.23. The molecule has 5 nitrogen and oxygen atoms in total. The van der Waals surface area contributed by atoms with E-state index in [1.807, 2.05) is 4.90 Å². The van der Waals surface area contributed by atoms with Gasteiger partial charge in [-0.2, -0.15) is 0 Å². The first kappa shape index (κ1) is 14.8. The zero-order valence-corrected chi connectivity index (χ0v) is 12.9. The van der Waals surface area contributed by atoms with Gasteiger partial charge in [-0.15, -0.1) is 0 Å². The van der Waals surface area contributed by atoms with Crippen molar-refractivity contribution in [3.8, 4) is 0 Å². The molecule has 1 spiro atoms. The SMILES string of the molecule is CC1CCC2(CC1)C(=O)NC(=O)N2CCCC1CCCO1. The maximum atomic E-state index is 12.3. The number of rotatable bonds is 4. The van der Waals surface area contributed by atoms with Gasteiger partial charge in [0.2, 0.25) is 0 Å². The molecule has 0 bridgehead atoms. The molecular formula is C16H26N2O3. The largest absolute Gasteiger partial charge is 0.378 e. The highest BCUT2D eigenvalue weighted by molar-refractivity contribution is 6.07. The summed E-state index contributed by atoms with van der Waals surface area (Å²) in [4.78, 5) is 26.2. The number of urea groups is 1. The smallest absolute Gasteiger partial charge is 0.325 e. The Morgan fingerprint density at radius 2 is 2.05 bits per heavy atom. The standard InChI is InChI=1S/C16H26N2O3/c1-12-6-8-16(9-7-12)14(19)17-15(20)18(16)10-2-4-13-5-3-11-21-13/h12-13H,2-11H2,1H3,(H,17,19,20). The predicted octanol–water partition coefficient (Wildman–Crippen LogP) is 2.45. The van der Waals surface area contributed by atoms with Gasteiger partial charge in [0.1, 0.15) is 5.54 Å². The van der Waals surface area contributed by atoms with Gasteiger partial charge in [0, 0.05) is 13.2 Å². The second kappa shape index (κ2) is 5.95. The van der Waals surface area contributed by atoms with E-state index in [1.165, 1.54) is 0 Å². The van der Waals surface area contributed by atoms with Crippen LogP contribution in [0.25, 0.3) is 0 Å². The fourth-order valence-corrected chi connectivity index (χ4v) is 4.00. The van der Waals surface area contributed by atoms with Gasteiger partial charge >= 0.3 is 6.03 Å². The molecule has 1 unspecified atom stereocenters. The Labute approximate surface area is 126 Å². The number of hydrogen-bond acceptors (Lipinski definition) is 3. The van der Waals surface area contributed by atoms with Crippen molar-refractivity contribution in [1.82, 2.24) is 10.2 Å². The first-order chi connectivity index (χ1) is 10.1. The van der Waals surface area contributed by atoms with Crippen LogP contribution in [0.1, 0.15) is 58.3 Å². The van der Waals surface area contributed by atoms with Crippen LogP contribution in [-0.2, 0) is 9.53 Å². The molecule has 3 fully saturated rings. The van der Waals surface area contributed by atoms with Gasteiger partial charge in [-0.3, -0.25) is 10.1 Å². The van der Waals surface area contributed by atoms with Gasteiger partial charge in [-0.25, -0.2) is 4.79 Å². The summed E-state index contributed by atoms with van der Waals surface area (Å²) in [6.45, 7) is 3.77. The summed E-state index contributed by atoms with van der Waals surface area (Å²) in [7, 11) is 0. The van der Waals surface area contributed by atoms with Crippen molar-refractivity contribution in [2.45, 2.75) is 69.9 Å². The fourth-order valence-electron chi connectivity index (χ4n) is 4.00. The number of amides is 3. The Kier molecular flexibility index (Phi) is 4.20. The molecule has 2 heterocycles. The van der Waals surface area contributed by atoms with Crippen LogP contribution in [0.3, 0.4) is 0 Å². The normalized spacial score (nSPS) is 36.5. The quantitative estimate of drug-likeness (QED) is 0.810. The topological polar surface area (TPSA) is 58.6 Å². The lowest BCUT2D eigenvalue weighted by Gasteiger charge is -2.40. The third-order valence-electron chi connectivity index (χ3n) is 5.44. The van der Waals surface area contributed by atoms with E-state index >= 15 is 0 Å². The Morgan fingerprint density at radius 3 is 2.71 bits per heavy atom. The minimum Gasteiger partial charge on any atom is -0.378 e. The molecule has 0 radical (unpaired) electrons. The number of carbonyl (C=O) groups is 2. The molecule has 21 heavy (non-hydrogen) atoms. The van der Waals surface area contributed by atoms with Crippen molar-refractivity contribution in [2.75, 3.05) is 13.2 Å². The molecule has 1 saturated carbocycles. The van der Waals surface area contributed by atoms with E-state index in [1.54, 1.807) is 0 Å². The van der Waals surface area contributed by atoms with Crippen LogP contribution in [0, 0.1) is 5.92 Å². The molecular weight excluding hydrogens is 268 g/mol. The second-order valence-electron chi connectivity index (χ2n) is 6.90. The average molecular weight is 294 g/mol. The number of nitrogens with zero attached hydrogens (tertiary/aromatic N) is 1. The monoisotopic (exact) mass is 294 g/mol. The van der Waals surface area contributed by atoms with E-state index in [9.17, 15) is 9.59 Å². The maximum Gasteiger partial charge on any atom is 0.325 e. The zero-order chi connectivity index (χ0) is 14.9. The predicted molar refractivity (Wildman–Crippen MR) is 78.8 cm³/mol. The van der Waals surface area contributed by atoms with Crippen LogP contribution in [0.15, 0.2) is 0 Å². The van der Waals surface area contributed by atoms with E-state index in [0.717, 1.165) is 58.0 Å². The summed E-state index contributed by atoms with van der Waals surface area (Å²) in [5.74, 6) is 0.587. The second-order valence-corrected chi connectivity index (χ2v) is 6.90. The van der Waals surface area contributed by atoms with Gasteiger partial charge in [0.25, 0.3) is 5.91 Å². The third-order valence-corrected chi connectivity index (χ3v) is 5.44. The summed E-state index contributed by atoms with van der Waals surface area (Å²) >= 11 is 0. The molecule has 2 saturated heterocycles. The lowest BCUT2D eigenvalue weighted by Crippen LogP contribution is -2.52. The zero-order valence-electron chi connectivity index (χ0n) is 12.9. The lowest BCUT2D eigenvalue weighted by atomic mass is 9.76. The molecule has 0 aromatic heterocycles. The minimum atomic E-state index is -0.555. The molecule has 0 aromatic carbocycles. The van der Waals surface area contributed by atoms with Crippen molar-refractivity contribution < 1.29 is 14.3 Å². The molecule has 1 N–H and O–H groups in total. The summed E-state index contributed by atoms with van der Waals surface area (Å²) in [6, 6.07) is -0.193. The highest BCUT2D eigenvalue weighted by atomic mass is 16.5. The molecule has 3 aliphatic rings. The Morgan fingerprint density at radius 1 is 1.29 bits per heavy atom. The first-order valence-corrected chi connectivity index (χ1v) is 8.36. The van der Waals surface area contributed by atoms with Crippen LogP contribution in [0.4, 0.5) is 4.79 Å². The molecule has 1 aliphatic carbocycles. The molecule has 1 atom stereocenters. The Balaban J connectivity index is 1.60. The van der Waals surface area contributed by atoms with E-state index in [0.29, 0.717) is 18.6 Å². The third kappa shape index (κ3) is 2.80. The number of imide groups is 1. The Hall–Kier alpha value is -1.10. The fraction of sp³-hybridized carbons (Fsp3) is 0.875. The minimum absolute atomic E-state index is 0.0727. The number of ether oxygens (including phenoxy) is 1. The number of hydrogen-bond donors (Lipinski definition) is 1. The van der Waals surface area contributed by atoms with Gasteiger partial charge in [0.15, 0.2) is 0 Å². The van der Waals surface area contributed by atoms with Gasteiger partial charge in [-0.05, 0) is 57.3 Å². The summed E-state index contributed by atoms with van der Waals surface area (Å²) in [5, 5.41) is 2.54. The highest BCUT2D eigenvalue weighted by Gasteiger charge is 2.53. The van der Waals surface area contributed by atoms with Gasteiger partial charge in [0.05, 0.1) is 6.10 Å². The van der Waals surface area contributed by atoms with E-state index in [-0.39, 0.29) is 11.9 Å². The van der Waals surface area contributed by atoms with Crippen LogP contribution in [0.5, 0.6) is 0 Å². The lowest BCUT2D eigenvalue weighted by molar-refractivity contribution is -0.128. The van der Waals surface area contributed by atoms with Crippen molar-refractivity contribution >= 4 is 11.9 Å². The van der Waals surface area contributed by atoms with E-state index in [2.05, 4.69) is 12.2 Å². The van der Waals surface area contributed by atoms with Crippen LogP contribution < -0.4 is 5.32 Å². The van der Waals surface area contributed by atoms with Crippen molar-refractivity contribution in [2.24, 2.45) is 5.92 Å². The molecule has 3 rings (SSSR count). The van der Waals surface area contributed by atoms with Crippen LogP contribution in [-0.4, -0.2) is 41.6 Å². The van der Waals surface area contributed by atoms with E-state index in [4.69, 9.17) is 4.74 Å². The molecule has 5 heteroatoms. The average Bonchev–Trinajstić information content (AvgIpc) is 3.04. The van der Waals surface area contributed by atoms with Gasteiger partial charge in [-0.1, -0.05) is 6.92 Å². The van der Waals surface area contributed by atoms with Crippen molar-refractivity contribution in [3.05, 3.63) is 0 Å². The Bertz CT molecular complexity index is 410. The van der Waals surface area contributed by atoms with Crippen LogP contribution >= 0.6 is 0 Å². The van der Waals surface area contributed by atoms with Crippen LogP contribution in [0.2, 0.25) is 0 Å². The molecule has 3 amide bonds. The highest BCUT2D eigenvalue weighted by Crippen LogP contribution is 2.39.